The number of hydrogen-bond donors (Lipinski definition) is 1. The molecule has 2 N–H and O–H groups in total. The summed E-state index contributed by atoms with van der Waals surface area (Å²) in [7, 11) is 0. The number of Topliss-reactive ketones (excluding diaryl/α,β-unsaturated/α-hetero) is 1. The van der Waals surface area contributed by atoms with Crippen LogP contribution in [0.1, 0.15) is 31.9 Å². The maximum Gasteiger partial charge on any atom is 0.416 e. The number of halogens is 3. The van der Waals surface area contributed by atoms with Crippen molar-refractivity contribution in [2.24, 2.45) is 5.73 Å². The summed E-state index contributed by atoms with van der Waals surface area (Å²) in [6, 6.07) is 4.00. The first-order chi connectivity index (χ1) is 8.30. The maximum absolute atomic E-state index is 12.2. The molecule has 1 rings (SSSR count). The van der Waals surface area contributed by atoms with Crippen LogP contribution in [-0.4, -0.2) is 11.8 Å². The molecule has 1 atom stereocenters. The van der Waals surface area contributed by atoms with E-state index in [2.05, 4.69) is 0 Å². The van der Waals surface area contributed by atoms with E-state index in [1.54, 1.807) is 0 Å². The third-order valence-electron chi connectivity index (χ3n) is 2.26. The number of benzene rings is 1. The summed E-state index contributed by atoms with van der Waals surface area (Å²) < 4.78 is 36.7. The van der Waals surface area contributed by atoms with Crippen molar-refractivity contribution >= 4 is 5.78 Å². The molecule has 0 aliphatic rings. The minimum absolute atomic E-state index is 0.181. The fourth-order valence-corrected chi connectivity index (χ4v) is 1.23. The molecule has 1 aromatic rings. The Hall–Kier alpha value is -1.36. The van der Waals surface area contributed by atoms with Crippen molar-refractivity contribution in [3.63, 3.8) is 0 Å². The molecule has 0 heterocycles. The van der Waals surface area contributed by atoms with Crippen LogP contribution < -0.4 is 5.73 Å². The quantitative estimate of drug-likeness (QED) is 0.908. The molecule has 0 aromatic heterocycles. The number of alkyl halides is 3. The van der Waals surface area contributed by atoms with Crippen molar-refractivity contribution in [2.75, 3.05) is 0 Å². The average Bonchev–Trinajstić information content (AvgIpc) is 2.31. The predicted octanol–water partition coefficient (Wildman–Crippen LogP) is 3.19. The highest BCUT2D eigenvalue weighted by Crippen LogP contribution is 2.29. The molecule has 2 nitrogen and oxygen atoms in total. The lowest BCUT2D eigenvalue weighted by Crippen LogP contribution is -2.30. The van der Waals surface area contributed by atoms with E-state index in [0.29, 0.717) is 5.56 Å². The van der Waals surface area contributed by atoms with Crippen LogP contribution in [0.2, 0.25) is 0 Å². The van der Waals surface area contributed by atoms with Crippen molar-refractivity contribution in [3.05, 3.63) is 35.4 Å². The summed E-state index contributed by atoms with van der Waals surface area (Å²) in [6.07, 6.45) is -4.07. The molecule has 0 amide bonds. The van der Waals surface area contributed by atoms with Gasteiger partial charge < -0.3 is 5.73 Å². The van der Waals surface area contributed by atoms with E-state index in [9.17, 15) is 18.0 Å². The van der Waals surface area contributed by atoms with Crippen molar-refractivity contribution in [1.29, 1.82) is 0 Å². The van der Waals surface area contributed by atoms with Crippen LogP contribution in [0, 0.1) is 0 Å². The Kier molecular flexibility index (Phi) is 6.62. The summed E-state index contributed by atoms with van der Waals surface area (Å²) in [5.41, 5.74) is 5.42. The van der Waals surface area contributed by atoms with Gasteiger partial charge in [0.25, 0.3) is 0 Å². The Labute approximate surface area is 105 Å². The van der Waals surface area contributed by atoms with Gasteiger partial charge in [0, 0.05) is 0 Å². The highest BCUT2D eigenvalue weighted by atomic mass is 19.4. The molecule has 0 fully saturated rings. The van der Waals surface area contributed by atoms with E-state index in [1.165, 1.54) is 19.1 Å². The normalized spacial score (nSPS) is 12.4. The van der Waals surface area contributed by atoms with Crippen LogP contribution in [0.5, 0.6) is 0 Å². The van der Waals surface area contributed by atoms with Crippen molar-refractivity contribution in [1.82, 2.24) is 0 Å². The lowest BCUT2D eigenvalue weighted by atomic mass is 10.0. The monoisotopic (exact) mass is 261 g/mol. The Balaban J connectivity index is 0.00000137. The van der Waals surface area contributed by atoms with Crippen LogP contribution in [0.3, 0.4) is 0 Å². The molecular weight excluding hydrogens is 243 g/mol. The third kappa shape index (κ3) is 5.31. The summed E-state index contributed by atoms with van der Waals surface area (Å²) in [4.78, 5) is 10.9. The second-order valence-electron chi connectivity index (χ2n) is 3.62. The van der Waals surface area contributed by atoms with Crippen molar-refractivity contribution < 1.29 is 18.0 Å². The maximum atomic E-state index is 12.2. The van der Waals surface area contributed by atoms with Gasteiger partial charge in [0.1, 0.15) is 5.78 Å². The first kappa shape index (κ1) is 16.6. The molecule has 0 radical (unpaired) electrons. The van der Waals surface area contributed by atoms with Gasteiger partial charge in [-0.1, -0.05) is 26.0 Å². The molecule has 18 heavy (non-hydrogen) atoms. The molecule has 0 aliphatic carbocycles. The number of carbonyl (C=O) groups excluding carboxylic acids is 1. The van der Waals surface area contributed by atoms with Crippen LogP contribution in [0.15, 0.2) is 24.3 Å². The Morgan fingerprint density at radius 2 is 1.67 bits per heavy atom. The lowest BCUT2D eigenvalue weighted by molar-refractivity contribution is -0.137. The van der Waals surface area contributed by atoms with Crippen LogP contribution in [0.25, 0.3) is 0 Å². The summed E-state index contributed by atoms with van der Waals surface area (Å²) in [6.45, 7) is 5.36. The fourth-order valence-electron chi connectivity index (χ4n) is 1.23. The van der Waals surface area contributed by atoms with Gasteiger partial charge in [0.15, 0.2) is 0 Å². The number of carbonyl (C=O) groups is 1. The van der Waals surface area contributed by atoms with Gasteiger partial charge in [-0.25, -0.2) is 0 Å². The van der Waals surface area contributed by atoms with Gasteiger partial charge in [-0.05, 0) is 31.0 Å². The topological polar surface area (TPSA) is 43.1 Å². The molecule has 0 unspecified atom stereocenters. The van der Waals surface area contributed by atoms with E-state index in [0.717, 1.165) is 12.1 Å². The molecular formula is C13H18F3NO. The molecule has 102 valence electrons. The van der Waals surface area contributed by atoms with Crippen LogP contribution in [0.4, 0.5) is 13.2 Å². The molecule has 0 saturated carbocycles. The van der Waals surface area contributed by atoms with E-state index >= 15 is 0 Å². The van der Waals surface area contributed by atoms with Gasteiger partial charge in [-0.3, -0.25) is 4.79 Å². The Morgan fingerprint density at radius 1 is 1.22 bits per heavy atom. The van der Waals surface area contributed by atoms with Crippen molar-refractivity contribution in [2.45, 2.75) is 39.4 Å². The molecule has 0 saturated heterocycles. The number of hydrogen-bond acceptors (Lipinski definition) is 2. The van der Waals surface area contributed by atoms with Gasteiger partial charge in [-0.15, -0.1) is 0 Å². The summed E-state index contributed by atoms with van der Waals surface area (Å²) in [5.74, 6) is -0.181. The van der Waals surface area contributed by atoms with Gasteiger partial charge >= 0.3 is 6.18 Å². The van der Waals surface area contributed by atoms with E-state index < -0.39 is 17.8 Å². The van der Waals surface area contributed by atoms with Gasteiger partial charge in [0.2, 0.25) is 0 Å². The summed E-state index contributed by atoms with van der Waals surface area (Å²) in [5, 5.41) is 0. The SMILES string of the molecule is CC.CC(=O)[C@H](N)Cc1ccc(C(F)(F)F)cc1. The second-order valence-corrected chi connectivity index (χ2v) is 3.62. The Bertz CT molecular complexity index is 371. The van der Waals surface area contributed by atoms with Crippen molar-refractivity contribution in [3.8, 4) is 0 Å². The van der Waals surface area contributed by atoms with Gasteiger partial charge in [-0.2, -0.15) is 13.2 Å². The Morgan fingerprint density at radius 3 is 2.00 bits per heavy atom. The predicted molar refractivity (Wildman–Crippen MR) is 65.2 cm³/mol. The van der Waals surface area contributed by atoms with Gasteiger partial charge in [0.05, 0.1) is 11.6 Å². The smallest absolute Gasteiger partial charge is 0.321 e. The van der Waals surface area contributed by atoms with E-state index in [-0.39, 0.29) is 12.2 Å². The largest absolute Gasteiger partial charge is 0.416 e. The summed E-state index contributed by atoms with van der Waals surface area (Å²) >= 11 is 0. The molecule has 0 bridgehead atoms. The number of nitrogens with two attached hydrogens (primary N) is 1. The van der Waals surface area contributed by atoms with Crippen LogP contribution in [-0.2, 0) is 17.4 Å². The minimum atomic E-state index is -4.33. The minimum Gasteiger partial charge on any atom is -0.321 e. The standard InChI is InChI=1S/C11H12F3NO.C2H6/c1-7(16)10(15)6-8-2-4-9(5-3-8)11(12,13)14;1-2/h2-5,10H,6,15H2,1H3;1-2H3/t10-;/m1./s1. The lowest BCUT2D eigenvalue weighted by Gasteiger charge is -2.10. The third-order valence-corrected chi connectivity index (χ3v) is 2.26. The zero-order valence-corrected chi connectivity index (χ0v) is 10.7. The number of rotatable bonds is 3. The second kappa shape index (κ2) is 7.16. The van der Waals surface area contributed by atoms with E-state index in [4.69, 9.17) is 5.73 Å². The average molecular weight is 261 g/mol. The molecule has 0 spiro atoms. The van der Waals surface area contributed by atoms with Crippen LogP contribution >= 0.6 is 0 Å². The number of ketones is 1. The highest BCUT2D eigenvalue weighted by Gasteiger charge is 2.29. The molecule has 1 aromatic carbocycles. The first-order valence-electron chi connectivity index (χ1n) is 5.73. The highest BCUT2D eigenvalue weighted by molar-refractivity contribution is 5.81. The first-order valence-corrected chi connectivity index (χ1v) is 5.73. The zero-order chi connectivity index (χ0) is 14.3. The molecule has 0 aliphatic heterocycles. The molecule has 5 heteroatoms. The zero-order valence-electron chi connectivity index (χ0n) is 10.7. The van der Waals surface area contributed by atoms with E-state index in [1.807, 2.05) is 13.8 Å². The fraction of sp³-hybridized carbons (Fsp3) is 0.462.